The summed E-state index contributed by atoms with van der Waals surface area (Å²) < 4.78 is 13.0. The maximum atomic E-state index is 6.27. The number of hydrogen-bond donors (Lipinski definition) is 1. The van der Waals surface area contributed by atoms with E-state index in [0.717, 1.165) is 26.0 Å². The van der Waals surface area contributed by atoms with E-state index in [-0.39, 0.29) is 0 Å². The Balaban J connectivity index is 1.75. The van der Waals surface area contributed by atoms with E-state index < -0.39 is 5.54 Å². The van der Waals surface area contributed by atoms with E-state index in [1.807, 2.05) is 13.0 Å². The second-order valence-electron chi connectivity index (χ2n) is 5.44. The molecule has 21 heavy (non-hydrogen) atoms. The average molecular weight is 437 g/mol. The van der Waals surface area contributed by atoms with E-state index in [4.69, 9.17) is 15.0 Å². The van der Waals surface area contributed by atoms with Gasteiger partial charge in [-0.1, -0.05) is 5.16 Å². The topological polar surface area (TPSA) is 74.2 Å². The third-order valence-electron chi connectivity index (χ3n) is 3.50. The second-order valence-corrected chi connectivity index (χ2v) is 9.19. The number of halogens is 2. The Morgan fingerprint density at radius 3 is 2.86 bits per heavy atom. The first kappa shape index (κ1) is 15.6. The molecule has 1 atom stereocenters. The molecule has 1 saturated carbocycles. The van der Waals surface area contributed by atoms with Gasteiger partial charge >= 0.3 is 0 Å². The monoisotopic (exact) mass is 435 g/mol. The molecule has 0 saturated heterocycles. The van der Waals surface area contributed by atoms with Gasteiger partial charge in [0.15, 0.2) is 5.82 Å². The van der Waals surface area contributed by atoms with Crippen molar-refractivity contribution in [3.8, 4) is 11.5 Å². The van der Waals surface area contributed by atoms with E-state index in [1.54, 1.807) is 11.3 Å². The molecule has 2 heterocycles. The predicted molar refractivity (Wildman–Crippen MR) is 88.1 cm³/mol. The van der Waals surface area contributed by atoms with Crippen LogP contribution >= 0.6 is 43.2 Å². The Morgan fingerprint density at radius 2 is 2.29 bits per heavy atom. The molecule has 0 aromatic carbocycles. The highest BCUT2D eigenvalue weighted by molar-refractivity contribution is 9.12. The van der Waals surface area contributed by atoms with Gasteiger partial charge in [0.2, 0.25) is 0 Å². The molecule has 114 valence electrons. The van der Waals surface area contributed by atoms with Crippen LogP contribution in [-0.2, 0) is 10.3 Å². The van der Waals surface area contributed by atoms with Gasteiger partial charge in [0.05, 0.1) is 25.8 Å². The van der Waals surface area contributed by atoms with Crippen molar-refractivity contribution in [2.45, 2.75) is 37.8 Å². The first-order valence-corrected chi connectivity index (χ1v) is 9.06. The summed E-state index contributed by atoms with van der Waals surface area (Å²) in [6.45, 7) is 2.25. The molecule has 3 rings (SSSR count). The Bertz CT molecular complexity index is 637. The summed E-state index contributed by atoms with van der Waals surface area (Å²) in [7, 11) is 0. The number of aromatic nitrogens is 2. The van der Waals surface area contributed by atoms with E-state index in [9.17, 15) is 0 Å². The number of nitrogens with zero attached hydrogens (tertiary/aromatic N) is 2. The molecule has 1 unspecified atom stereocenters. The van der Waals surface area contributed by atoms with E-state index in [2.05, 4.69) is 42.0 Å². The summed E-state index contributed by atoms with van der Waals surface area (Å²) >= 11 is 8.48. The molecule has 1 fully saturated rings. The fourth-order valence-corrected chi connectivity index (χ4v) is 4.72. The molecule has 0 radical (unpaired) electrons. The highest BCUT2D eigenvalue weighted by Gasteiger charge is 2.31. The largest absolute Gasteiger partial charge is 0.376 e. The molecule has 2 N–H and O–H groups in total. The normalized spacial score (nSPS) is 18.5. The van der Waals surface area contributed by atoms with Crippen LogP contribution in [0.1, 0.15) is 32.0 Å². The third-order valence-corrected chi connectivity index (χ3v) is 5.83. The molecular weight excluding hydrogens is 422 g/mol. The maximum absolute atomic E-state index is 6.27. The summed E-state index contributed by atoms with van der Waals surface area (Å²) in [4.78, 5) is 4.42. The highest BCUT2D eigenvalue weighted by atomic mass is 79.9. The van der Waals surface area contributed by atoms with Crippen LogP contribution in [0.4, 0.5) is 0 Å². The quantitative estimate of drug-likeness (QED) is 0.764. The second kappa shape index (κ2) is 6.08. The molecule has 1 aliphatic rings. The summed E-state index contributed by atoms with van der Waals surface area (Å²) in [5, 5.41) is 4.01. The van der Waals surface area contributed by atoms with Crippen molar-refractivity contribution in [2.75, 3.05) is 6.61 Å². The lowest BCUT2D eigenvalue weighted by molar-refractivity contribution is -0.0222. The van der Waals surface area contributed by atoms with Crippen molar-refractivity contribution < 1.29 is 9.26 Å². The first-order valence-electron chi connectivity index (χ1n) is 6.65. The zero-order valence-corrected chi connectivity index (χ0v) is 15.4. The smallest absolute Gasteiger partial charge is 0.260 e. The van der Waals surface area contributed by atoms with Crippen LogP contribution in [-0.4, -0.2) is 22.9 Å². The van der Waals surface area contributed by atoms with E-state index in [0.29, 0.717) is 24.4 Å². The number of nitrogens with two attached hydrogens (primary N) is 1. The fraction of sp³-hybridized carbons (Fsp3) is 0.538. The zero-order chi connectivity index (χ0) is 15.0. The minimum atomic E-state index is -0.753. The minimum Gasteiger partial charge on any atom is -0.376 e. The fourth-order valence-electron chi connectivity index (χ4n) is 1.94. The lowest BCUT2D eigenvalue weighted by atomic mass is 9.95. The molecule has 2 aromatic heterocycles. The first-order chi connectivity index (χ1) is 9.95. The highest BCUT2D eigenvalue weighted by Crippen LogP contribution is 2.38. The van der Waals surface area contributed by atoms with Gasteiger partial charge in [0.25, 0.3) is 5.89 Å². The van der Waals surface area contributed by atoms with Gasteiger partial charge in [-0.05, 0) is 64.1 Å². The van der Waals surface area contributed by atoms with Gasteiger partial charge < -0.3 is 15.0 Å². The lowest BCUT2D eigenvalue weighted by Crippen LogP contribution is -2.41. The average Bonchev–Trinajstić information content (AvgIpc) is 2.94. The van der Waals surface area contributed by atoms with Crippen LogP contribution in [0.15, 0.2) is 18.2 Å². The molecular formula is C13H15Br2N3O2S. The van der Waals surface area contributed by atoms with Gasteiger partial charge in [-0.15, -0.1) is 11.3 Å². The van der Waals surface area contributed by atoms with Crippen molar-refractivity contribution in [2.24, 2.45) is 5.73 Å². The molecule has 2 aromatic rings. The Labute approximate surface area is 143 Å². The van der Waals surface area contributed by atoms with Gasteiger partial charge in [-0.3, -0.25) is 0 Å². The SMILES string of the molecule is CC(N)(COC1CCC1)c1noc(-c2cc(Br)sc2Br)n1. The molecule has 5 nitrogen and oxygen atoms in total. The molecule has 0 aliphatic heterocycles. The van der Waals surface area contributed by atoms with Crippen molar-refractivity contribution in [3.05, 3.63) is 19.5 Å². The number of thiophene rings is 1. The van der Waals surface area contributed by atoms with Crippen LogP contribution in [0.5, 0.6) is 0 Å². The van der Waals surface area contributed by atoms with Crippen LogP contribution in [0.2, 0.25) is 0 Å². The molecule has 0 amide bonds. The van der Waals surface area contributed by atoms with Crippen LogP contribution < -0.4 is 5.73 Å². The molecule has 1 aliphatic carbocycles. The van der Waals surface area contributed by atoms with Gasteiger partial charge in [-0.2, -0.15) is 4.98 Å². The van der Waals surface area contributed by atoms with Crippen molar-refractivity contribution >= 4 is 43.2 Å². The van der Waals surface area contributed by atoms with Gasteiger partial charge in [0, 0.05) is 0 Å². The molecule has 0 bridgehead atoms. The summed E-state index contributed by atoms with van der Waals surface area (Å²) in [5.74, 6) is 0.921. The van der Waals surface area contributed by atoms with E-state index in [1.165, 1.54) is 6.42 Å². The molecule has 8 heteroatoms. The van der Waals surface area contributed by atoms with Gasteiger partial charge in [0.1, 0.15) is 5.54 Å². The van der Waals surface area contributed by atoms with E-state index >= 15 is 0 Å². The minimum absolute atomic E-state index is 0.334. The Kier molecular flexibility index (Phi) is 4.52. The van der Waals surface area contributed by atoms with Gasteiger partial charge in [-0.25, -0.2) is 0 Å². The third kappa shape index (κ3) is 3.39. The van der Waals surface area contributed by atoms with Crippen molar-refractivity contribution in [1.29, 1.82) is 0 Å². The Morgan fingerprint density at radius 1 is 1.52 bits per heavy atom. The van der Waals surface area contributed by atoms with Crippen LogP contribution in [0.25, 0.3) is 11.5 Å². The van der Waals surface area contributed by atoms with Crippen LogP contribution in [0, 0.1) is 0 Å². The standard InChI is InChI=1S/C13H15Br2N3O2S/c1-13(16,6-19-7-3-2-4-7)12-17-11(20-18-12)8-5-9(14)21-10(8)15/h5,7H,2-4,6,16H2,1H3. The summed E-state index contributed by atoms with van der Waals surface area (Å²) in [6.07, 6.45) is 3.80. The number of hydrogen-bond acceptors (Lipinski definition) is 6. The van der Waals surface area contributed by atoms with Crippen LogP contribution in [0.3, 0.4) is 0 Å². The Hall–Kier alpha value is -0.280. The maximum Gasteiger partial charge on any atom is 0.260 e. The van der Waals surface area contributed by atoms with Crippen molar-refractivity contribution in [1.82, 2.24) is 10.1 Å². The summed E-state index contributed by atoms with van der Waals surface area (Å²) in [6, 6.07) is 1.94. The number of ether oxygens (including phenoxy) is 1. The summed E-state index contributed by atoms with van der Waals surface area (Å²) in [5.41, 5.74) is 6.38. The number of rotatable bonds is 5. The lowest BCUT2D eigenvalue weighted by Gasteiger charge is -2.29. The van der Waals surface area contributed by atoms with Crippen molar-refractivity contribution in [3.63, 3.8) is 0 Å². The molecule has 0 spiro atoms. The predicted octanol–water partition coefficient (Wildman–Crippen LogP) is 4.07. The zero-order valence-electron chi connectivity index (χ0n) is 11.4.